The number of aromatic nitrogens is 2. The SMILES string of the molecule is Nc1cncnc1CO. The van der Waals surface area contributed by atoms with Crippen LogP contribution in [0.5, 0.6) is 0 Å². The maximum absolute atomic E-state index is 8.55. The van der Waals surface area contributed by atoms with Gasteiger partial charge in [0.25, 0.3) is 0 Å². The van der Waals surface area contributed by atoms with Crippen LogP contribution >= 0.6 is 0 Å². The van der Waals surface area contributed by atoms with Crippen LogP contribution in [0.1, 0.15) is 5.69 Å². The Hall–Kier alpha value is -1.16. The van der Waals surface area contributed by atoms with Crippen LogP contribution < -0.4 is 5.73 Å². The highest BCUT2D eigenvalue weighted by Gasteiger charge is 1.94. The van der Waals surface area contributed by atoms with Gasteiger partial charge < -0.3 is 10.8 Å². The predicted molar refractivity (Wildman–Crippen MR) is 32.4 cm³/mol. The van der Waals surface area contributed by atoms with E-state index < -0.39 is 0 Å². The number of aliphatic hydroxyl groups is 1. The molecule has 0 fully saturated rings. The summed E-state index contributed by atoms with van der Waals surface area (Å²) in [5, 5.41) is 8.55. The zero-order valence-electron chi connectivity index (χ0n) is 4.78. The van der Waals surface area contributed by atoms with E-state index in [4.69, 9.17) is 10.8 Å². The van der Waals surface area contributed by atoms with Crippen LogP contribution in [0.2, 0.25) is 0 Å². The second kappa shape index (κ2) is 2.41. The fourth-order valence-corrected chi connectivity index (χ4v) is 0.498. The summed E-state index contributed by atoms with van der Waals surface area (Å²) in [7, 11) is 0. The van der Waals surface area contributed by atoms with Crippen molar-refractivity contribution < 1.29 is 5.11 Å². The molecule has 0 radical (unpaired) electrons. The van der Waals surface area contributed by atoms with Crippen molar-refractivity contribution in [3.63, 3.8) is 0 Å². The van der Waals surface area contributed by atoms with Gasteiger partial charge in [0.1, 0.15) is 6.33 Å². The summed E-state index contributed by atoms with van der Waals surface area (Å²) in [6, 6.07) is 0. The summed E-state index contributed by atoms with van der Waals surface area (Å²) in [6.45, 7) is -0.131. The van der Waals surface area contributed by atoms with E-state index in [-0.39, 0.29) is 6.61 Å². The molecule has 0 aliphatic rings. The number of nitrogen functional groups attached to an aromatic ring is 1. The van der Waals surface area contributed by atoms with Crippen molar-refractivity contribution in [3.05, 3.63) is 18.2 Å². The first-order chi connectivity index (χ1) is 4.34. The molecule has 4 nitrogen and oxygen atoms in total. The van der Waals surface area contributed by atoms with Gasteiger partial charge in [-0.3, -0.25) is 0 Å². The third-order valence-electron chi connectivity index (χ3n) is 0.977. The molecule has 1 aromatic rings. The normalized spacial score (nSPS) is 9.44. The molecule has 0 unspecified atom stereocenters. The fourth-order valence-electron chi connectivity index (χ4n) is 0.498. The van der Waals surface area contributed by atoms with Crippen molar-refractivity contribution in [2.75, 3.05) is 5.73 Å². The molecule has 0 spiro atoms. The second-order valence-electron chi connectivity index (χ2n) is 1.58. The molecule has 1 rings (SSSR count). The second-order valence-corrected chi connectivity index (χ2v) is 1.58. The topological polar surface area (TPSA) is 72.0 Å². The standard InChI is InChI=1S/C5H7N3O/c6-4-1-7-3-8-5(4)2-9/h1,3,9H,2,6H2. The molecule has 0 saturated heterocycles. The summed E-state index contributed by atoms with van der Waals surface area (Å²) in [5.74, 6) is 0. The minimum Gasteiger partial charge on any atom is -0.396 e. The van der Waals surface area contributed by atoms with Gasteiger partial charge in [0.15, 0.2) is 0 Å². The highest BCUT2D eigenvalue weighted by molar-refractivity contribution is 5.38. The van der Waals surface area contributed by atoms with E-state index in [0.29, 0.717) is 11.4 Å². The lowest BCUT2D eigenvalue weighted by Gasteiger charge is -1.95. The maximum atomic E-state index is 8.55. The van der Waals surface area contributed by atoms with Crippen molar-refractivity contribution in [2.45, 2.75) is 6.61 Å². The monoisotopic (exact) mass is 125 g/mol. The van der Waals surface area contributed by atoms with Gasteiger partial charge in [-0.15, -0.1) is 0 Å². The number of hydrogen-bond acceptors (Lipinski definition) is 4. The molecule has 4 heteroatoms. The zero-order chi connectivity index (χ0) is 6.69. The van der Waals surface area contributed by atoms with E-state index in [1.165, 1.54) is 12.5 Å². The number of anilines is 1. The Morgan fingerprint density at radius 3 is 2.89 bits per heavy atom. The van der Waals surface area contributed by atoms with Crippen molar-refractivity contribution in [1.29, 1.82) is 0 Å². The van der Waals surface area contributed by atoms with Crippen molar-refractivity contribution >= 4 is 5.69 Å². The molecule has 0 bridgehead atoms. The number of nitrogens with two attached hydrogens (primary N) is 1. The van der Waals surface area contributed by atoms with Crippen molar-refractivity contribution in [3.8, 4) is 0 Å². The average molecular weight is 125 g/mol. The molecule has 0 amide bonds. The van der Waals surface area contributed by atoms with Crippen LogP contribution in [0.4, 0.5) is 5.69 Å². The van der Waals surface area contributed by atoms with Crippen LogP contribution in [-0.2, 0) is 6.61 Å². The van der Waals surface area contributed by atoms with Crippen LogP contribution in [0, 0.1) is 0 Å². The van der Waals surface area contributed by atoms with Crippen LogP contribution in [0.15, 0.2) is 12.5 Å². The Balaban J connectivity index is 3.01. The Bertz CT molecular complexity index is 201. The van der Waals surface area contributed by atoms with Gasteiger partial charge in [-0.1, -0.05) is 0 Å². The van der Waals surface area contributed by atoms with Crippen molar-refractivity contribution in [2.24, 2.45) is 0 Å². The minimum absolute atomic E-state index is 0.131. The molecule has 48 valence electrons. The van der Waals surface area contributed by atoms with Crippen LogP contribution in [0.3, 0.4) is 0 Å². The third kappa shape index (κ3) is 1.14. The molecule has 0 saturated carbocycles. The van der Waals surface area contributed by atoms with Gasteiger partial charge in [0, 0.05) is 0 Å². The molecule has 1 aromatic heterocycles. The van der Waals surface area contributed by atoms with Crippen molar-refractivity contribution in [1.82, 2.24) is 9.97 Å². The van der Waals surface area contributed by atoms with E-state index in [9.17, 15) is 0 Å². The van der Waals surface area contributed by atoms with Crippen LogP contribution in [0.25, 0.3) is 0 Å². The minimum atomic E-state index is -0.131. The van der Waals surface area contributed by atoms with Gasteiger partial charge >= 0.3 is 0 Å². The maximum Gasteiger partial charge on any atom is 0.115 e. The summed E-state index contributed by atoms with van der Waals surface area (Å²) in [5.41, 5.74) is 6.25. The van der Waals surface area contributed by atoms with E-state index in [1.54, 1.807) is 0 Å². The smallest absolute Gasteiger partial charge is 0.115 e. The van der Waals surface area contributed by atoms with Gasteiger partial charge in [-0.25, -0.2) is 9.97 Å². The summed E-state index contributed by atoms with van der Waals surface area (Å²) >= 11 is 0. The van der Waals surface area contributed by atoms with E-state index in [0.717, 1.165) is 0 Å². The molecule has 0 aliphatic carbocycles. The molecular formula is C5H7N3O. The number of nitrogens with zero attached hydrogens (tertiary/aromatic N) is 2. The Morgan fingerprint density at radius 2 is 2.44 bits per heavy atom. The predicted octanol–water partition coefficient (Wildman–Crippen LogP) is -0.449. The highest BCUT2D eigenvalue weighted by atomic mass is 16.3. The third-order valence-corrected chi connectivity index (χ3v) is 0.977. The molecule has 3 N–H and O–H groups in total. The Kier molecular flexibility index (Phi) is 1.60. The highest BCUT2D eigenvalue weighted by Crippen LogP contribution is 2.02. The molecule has 0 aromatic carbocycles. The largest absolute Gasteiger partial charge is 0.396 e. The molecular weight excluding hydrogens is 118 g/mol. The number of aliphatic hydroxyl groups excluding tert-OH is 1. The lowest BCUT2D eigenvalue weighted by atomic mass is 10.4. The first kappa shape index (κ1) is 5.97. The quantitative estimate of drug-likeness (QED) is 0.533. The summed E-state index contributed by atoms with van der Waals surface area (Å²) < 4.78 is 0. The molecule has 0 aliphatic heterocycles. The van der Waals surface area contributed by atoms with E-state index in [2.05, 4.69) is 9.97 Å². The first-order valence-electron chi connectivity index (χ1n) is 2.50. The zero-order valence-corrected chi connectivity index (χ0v) is 4.78. The average Bonchev–Trinajstić information content (AvgIpc) is 1.89. The lowest BCUT2D eigenvalue weighted by molar-refractivity contribution is 0.277. The van der Waals surface area contributed by atoms with Gasteiger partial charge in [-0.2, -0.15) is 0 Å². The molecule has 0 atom stereocenters. The first-order valence-corrected chi connectivity index (χ1v) is 2.50. The van der Waals surface area contributed by atoms with Gasteiger partial charge in [0.2, 0.25) is 0 Å². The Labute approximate surface area is 52.4 Å². The molecule has 9 heavy (non-hydrogen) atoms. The fraction of sp³-hybridized carbons (Fsp3) is 0.200. The lowest BCUT2D eigenvalue weighted by Crippen LogP contribution is -1.97. The van der Waals surface area contributed by atoms with E-state index >= 15 is 0 Å². The molecule has 1 heterocycles. The number of rotatable bonds is 1. The van der Waals surface area contributed by atoms with E-state index in [1.807, 2.05) is 0 Å². The summed E-state index contributed by atoms with van der Waals surface area (Å²) in [6.07, 6.45) is 2.81. The van der Waals surface area contributed by atoms with Crippen LogP contribution in [-0.4, -0.2) is 15.1 Å². The van der Waals surface area contributed by atoms with Gasteiger partial charge in [0.05, 0.1) is 24.2 Å². The Morgan fingerprint density at radius 1 is 1.67 bits per heavy atom. The number of hydrogen-bond donors (Lipinski definition) is 2. The summed E-state index contributed by atoms with van der Waals surface area (Å²) in [4.78, 5) is 7.36. The van der Waals surface area contributed by atoms with Gasteiger partial charge in [-0.05, 0) is 0 Å².